The van der Waals surface area contributed by atoms with Crippen molar-refractivity contribution in [1.29, 1.82) is 0 Å². The van der Waals surface area contributed by atoms with Gasteiger partial charge in [-0.2, -0.15) is 5.10 Å². The molecule has 0 atom stereocenters. The molecule has 4 rings (SSSR count). The molecule has 0 spiro atoms. The van der Waals surface area contributed by atoms with E-state index in [0.29, 0.717) is 29.6 Å². The Morgan fingerprint density at radius 2 is 1.90 bits per heavy atom. The summed E-state index contributed by atoms with van der Waals surface area (Å²) in [6.07, 6.45) is 7.61. The molecular weight excluding hydrogens is 443 g/mol. The molecule has 1 fully saturated rings. The zero-order chi connectivity index (χ0) is 21.1. The lowest BCUT2D eigenvalue weighted by Gasteiger charge is -2.35. The van der Waals surface area contributed by atoms with E-state index in [1.54, 1.807) is 29.2 Å². The molecule has 0 amide bonds. The Bertz CT molecular complexity index is 1060. The SMILES string of the molecule is Cc1c(/C=C/CN2CCN(c3cc(F)ccc3F)CC2)cnn1-c1ncccc1Cl.Cl. The lowest BCUT2D eigenvalue weighted by molar-refractivity contribution is 0.283. The number of hydrogen-bond donors (Lipinski definition) is 0. The van der Waals surface area contributed by atoms with Crippen molar-refractivity contribution in [2.45, 2.75) is 6.92 Å². The van der Waals surface area contributed by atoms with Crippen LogP contribution < -0.4 is 4.90 Å². The molecule has 0 bridgehead atoms. The summed E-state index contributed by atoms with van der Waals surface area (Å²) in [7, 11) is 0. The van der Waals surface area contributed by atoms with Crippen molar-refractivity contribution in [3.63, 3.8) is 0 Å². The van der Waals surface area contributed by atoms with Gasteiger partial charge >= 0.3 is 0 Å². The Morgan fingerprint density at radius 1 is 1.13 bits per heavy atom. The normalized spacial score (nSPS) is 14.8. The van der Waals surface area contributed by atoms with E-state index in [2.05, 4.69) is 21.1 Å². The largest absolute Gasteiger partial charge is 0.367 e. The third-order valence-electron chi connectivity index (χ3n) is 5.27. The summed E-state index contributed by atoms with van der Waals surface area (Å²) in [6, 6.07) is 7.16. The van der Waals surface area contributed by atoms with Crippen LogP contribution in [-0.2, 0) is 0 Å². The molecule has 3 heterocycles. The average Bonchev–Trinajstić information content (AvgIpc) is 3.11. The summed E-state index contributed by atoms with van der Waals surface area (Å²) in [5.41, 5.74) is 2.29. The van der Waals surface area contributed by atoms with Gasteiger partial charge in [0.25, 0.3) is 0 Å². The highest BCUT2D eigenvalue weighted by Crippen LogP contribution is 2.22. The number of halogens is 4. The standard InChI is InChI=1S/C22H22ClF2N5.ClH/c1-16-17(15-27-30(16)22-19(23)5-2-8-26-22)4-3-9-28-10-12-29(13-11-28)21-14-18(24)6-7-20(21)25;/h2-8,14-15H,9-13H2,1H3;1H/b4-3+;. The Balaban J connectivity index is 0.00000272. The number of pyridine rings is 1. The predicted octanol–water partition coefficient (Wildman–Crippen LogP) is 4.76. The molecule has 1 aliphatic rings. The van der Waals surface area contributed by atoms with Crippen LogP contribution in [0, 0.1) is 18.6 Å². The number of rotatable bonds is 5. The summed E-state index contributed by atoms with van der Waals surface area (Å²) in [5.74, 6) is -0.193. The van der Waals surface area contributed by atoms with E-state index in [1.165, 1.54) is 12.1 Å². The topological polar surface area (TPSA) is 37.2 Å². The highest BCUT2D eigenvalue weighted by Gasteiger charge is 2.19. The first-order valence-electron chi connectivity index (χ1n) is 9.77. The van der Waals surface area contributed by atoms with Crippen LogP contribution in [0.4, 0.5) is 14.5 Å². The molecule has 2 aromatic heterocycles. The maximum absolute atomic E-state index is 14.0. The summed E-state index contributed by atoms with van der Waals surface area (Å²) in [6.45, 7) is 5.62. The van der Waals surface area contributed by atoms with E-state index >= 15 is 0 Å². The summed E-state index contributed by atoms with van der Waals surface area (Å²) in [5, 5.41) is 4.95. The van der Waals surface area contributed by atoms with Crippen LogP contribution >= 0.6 is 24.0 Å². The summed E-state index contributed by atoms with van der Waals surface area (Å²) < 4.78 is 29.1. The van der Waals surface area contributed by atoms with Gasteiger partial charge in [0, 0.05) is 50.6 Å². The number of aromatic nitrogens is 3. The van der Waals surface area contributed by atoms with E-state index in [9.17, 15) is 8.78 Å². The molecule has 1 aromatic carbocycles. The quantitative estimate of drug-likeness (QED) is 0.543. The van der Waals surface area contributed by atoms with Gasteiger partial charge in [-0.25, -0.2) is 18.4 Å². The Labute approximate surface area is 191 Å². The molecule has 1 aliphatic heterocycles. The van der Waals surface area contributed by atoms with Crippen LogP contribution in [0.5, 0.6) is 0 Å². The zero-order valence-electron chi connectivity index (χ0n) is 17.0. The molecule has 0 aliphatic carbocycles. The second-order valence-corrected chi connectivity index (χ2v) is 7.60. The second kappa shape index (κ2) is 10.2. The van der Waals surface area contributed by atoms with E-state index < -0.39 is 5.82 Å². The third kappa shape index (κ3) is 5.23. The van der Waals surface area contributed by atoms with Crippen molar-refractivity contribution in [2.24, 2.45) is 0 Å². The Morgan fingerprint density at radius 3 is 2.65 bits per heavy atom. The molecule has 5 nitrogen and oxygen atoms in total. The monoisotopic (exact) mass is 465 g/mol. The third-order valence-corrected chi connectivity index (χ3v) is 5.56. The maximum atomic E-state index is 14.0. The fourth-order valence-corrected chi connectivity index (χ4v) is 3.76. The maximum Gasteiger partial charge on any atom is 0.172 e. The van der Waals surface area contributed by atoms with Gasteiger partial charge in [0.05, 0.1) is 22.6 Å². The summed E-state index contributed by atoms with van der Waals surface area (Å²) in [4.78, 5) is 8.47. The van der Waals surface area contributed by atoms with Gasteiger partial charge in [-0.1, -0.05) is 23.8 Å². The van der Waals surface area contributed by atoms with Gasteiger partial charge in [-0.15, -0.1) is 12.4 Å². The molecule has 164 valence electrons. The highest BCUT2D eigenvalue weighted by atomic mass is 35.5. The minimum Gasteiger partial charge on any atom is -0.367 e. The molecule has 9 heteroatoms. The minimum absolute atomic E-state index is 0. The van der Waals surface area contributed by atoms with Crippen molar-refractivity contribution >= 4 is 35.8 Å². The smallest absolute Gasteiger partial charge is 0.172 e. The van der Waals surface area contributed by atoms with Crippen LogP contribution in [0.15, 0.2) is 48.8 Å². The van der Waals surface area contributed by atoms with Gasteiger partial charge in [0.15, 0.2) is 5.82 Å². The number of anilines is 1. The molecule has 0 unspecified atom stereocenters. The highest BCUT2D eigenvalue weighted by molar-refractivity contribution is 6.32. The van der Waals surface area contributed by atoms with E-state index in [0.717, 1.165) is 37.0 Å². The van der Waals surface area contributed by atoms with Crippen LogP contribution in [-0.4, -0.2) is 52.4 Å². The number of nitrogens with zero attached hydrogens (tertiary/aromatic N) is 5. The van der Waals surface area contributed by atoms with Crippen LogP contribution in [0.3, 0.4) is 0 Å². The first-order valence-corrected chi connectivity index (χ1v) is 10.1. The number of piperazine rings is 1. The average molecular weight is 466 g/mol. The van der Waals surface area contributed by atoms with E-state index in [-0.39, 0.29) is 18.2 Å². The first kappa shape index (κ1) is 23.2. The van der Waals surface area contributed by atoms with Gasteiger partial charge in [-0.3, -0.25) is 4.90 Å². The number of hydrogen-bond acceptors (Lipinski definition) is 4. The second-order valence-electron chi connectivity index (χ2n) is 7.19. The van der Waals surface area contributed by atoms with E-state index in [4.69, 9.17) is 11.6 Å². The predicted molar refractivity (Wildman–Crippen MR) is 122 cm³/mol. The van der Waals surface area contributed by atoms with Crippen LogP contribution in [0.1, 0.15) is 11.3 Å². The van der Waals surface area contributed by atoms with Crippen LogP contribution in [0.2, 0.25) is 5.02 Å². The van der Waals surface area contributed by atoms with E-state index in [1.807, 2.05) is 17.9 Å². The molecule has 3 aromatic rings. The molecular formula is C22H23Cl2F2N5. The Kier molecular flexibility index (Phi) is 7.64. The molecule has 0 radical (unpaired) electrons. The van der Waals surface area contributed by atoms with Crippen molar-refractivity contribution < 1.29 is 8.78 Å². The first-order chi connectivity index (χ1) is 14.5. The fraction of sp³-hybridized carbons (Fsp3) is 0.273. The lowest BCUT2D eigenvalue weighted by Crippen LogP contribution is -2.46. The van der Waals surface area contributed by atoms with Crippen molar-refractivity contribution in [3.8, 4) is 5.82 Å². The number of benzene rings is 1. The van der Waals surface area contributed by atoms with Gasteiger partial charge in [-0.05, 0) is 31.2 Å². The van der Waals surface area contributed by atoms with Crippen molar-refractivity contribution in [3.05, 3.63) is 76.7 Å². The Hall–Kier alpha value is -2.48. The van der Waals surface area contributed by atoms with Gasteiger partial charge in [0.1, 0.15) is 11.6 Å². The summed E-state index contributed by atoms with van der Waals surface area (Å²) >= 11 is 6.22. The fourth-order valence-electron chi connectivity index (χ4n) is 3.56. The molecule has 0 N–H and O–H groups in total. The van der Waals surface area contributed by atoms with Crippen molar-refractivity contribution in [2.75, 3.05) is 37.6 Å². The zero-order valence-corrected chi connectivity index (χ0v) is 18.6. The molecule has 1 saturated heterocycles. The molecule has 31 heavy (non-hydrogen) atoms. The minimum atomic E-state index is -0.417. The van der Waals surface area contributed by atoms with Crippen LogP contribution in [0.25, 0.3) is 11.9 Å². The van der Waals surface area contributed by atoms with Crippen molar-refractivity contribution in [1.82, 2.24) is 19.7 Å². The molecule has 0 saturated carbocycles. The van der Waals surface area contributed by atoms with Gasteiger partial charge in [0.2, 0.25) is 0 Å². The lowest BCUT2D eigenvalue weighted by atomic mass is 10.2. The van der Waals surface area contributed by atoms with Gasteiger partial charge < -0.3 is 4.90 Å².